The van der Waals surface area contributed by atoms with Crippen LogP contribution < -0.4 is 10.1 Å². The Balaban J connectivity index is 1.63. The van der Waals surface area contributed by atoms with E-state index in [0.29, 0.717) is 24.9 Å². The third-order valence-electron chi connectivity index (χ3n) is 4.67. The van der Waals surface area contributed by atoms with Gasteiger partial charge in [0, 0.05) is 45.3 Å². The molecule has 0 bridgehead atoms. The number of benzene rings is 1. The monoisotopic (exact) mass is 339 g/mol. The van der Waals surface area contributed by atoms with Crippen LogP contribution in [-0.2, 0) is 15.8 Å². The van der Waals surface area contributed by atoms with Gasteiger partial charge >= 0.3 is 0 Å². The van der Waals surface area contributed by atoms with Crippen molar-refractivity contribution in [3.05, 3.63) is 29.8 Å². The summed E-state index contributed by atoms with van der Waals surface area (Å²) in [5.41, 5.74) is 0.773. The molecule has 0 spiro atoms. The smallest absolute Gasteiger partial charge is 0.218 e. The zero-order valence-corrected chi connectivity index (χ0v) is 14.4. The second-order valence-corrected chi connectivity index (χ2v) is 8.16. The molecule has 7 heteroatoms. The molecule has 1 atom stereocenters. The van der Waals surface area contributed by atoms with Gasteiger partial charge in [-0.05, 0) is 24.1 Å². The summed E-state index contributed by atoms with van der Waals surface area (Å²) in [5.74, 6) is 0.733. The van der Waals surface area contributed by atoms with E-state index in [1.807, 2.05) is 18.2 Å². The van der Waals surface area contributed by atoms with Crippen molar-refractivity contribution in [1.82, 2.24) is 14.5 Å². The number of methoxy groups -OCH3 is 1. The first-order valence-corrected chi connectivity index (χ1v) is 9.75. The Hall–Kier alpha value is -1.15. The molecule has 0 amide bonds. The molecule has 2 saturated heterocycles. The minimum Gasteiger partial charge on any atom is -0.497 e. The quantitative estimate of drug-likeness (QED) is 0.847. The van der Waals surface area contributed by atoms with E-state index in [9.17, 15) is 8.42 Å². The van der Waals surface area contributed by atoms with E-state index < -0.39 is 10.0 Å². The Bertz CT molecular complexity index is 629. The lowest BCUT2D eigenvalue weighted by molar-refractivity contribution is 0.179. The van der Waals surface area contributed by atoms with Crippen LogP contribution in [0.3, 0.4) is 0 Å². The van der Waals surface area contributed by atoms with Crippen LogP contribution in [0.4, 0.5) is 0 Å². The van der Waals surface area contributed by atoms with E-state index in [0.717, 1.165) is 38.2 Å². The Morgan fingerprint density at radius 2 is 2.04 bits per heavy atom. The summed E-state index contributed by atoms with van der Waals surface area (Å²) in [6.45, 7) is 5.25. The minimum atomic E-state index is -3.27. The molecule has 2 fully saturated rings. The van der Waals surface area contributed by atoms with Crippen molar-refractivity contribution < 1.29 is 13.2 Å². The average Bonchev–Trinajstić information content (AvgIpc) is 3.06. The van der Waals surface area contributed by atoms with Crippen LogP contribution >= 0.6 is 0 Å². The molecule has 1 aromatic carbocycles. The van der Waals surface area contributed by atoms with Crippen molar-refractivity contribution in [3.63, 3.8) is 0 Å². The number of piperazine rings is 1. The first-order chi connectivity index (χ1) is 11.1. The first kappa shape index (κ1) is 16.7. The van der Waals surface area contributed by atoms with Crippen molar-refractivity contribution in [2.24, 2.45) is 0 Å². The van der Waals surface area contributed by atoms with Gasteiger partial charge in [0.1, 0.15) is 5.75 Å². The molecule has 0 saturated carbocycles. The number of nitrogens with one attached hydrogen (secondary N) is 1. The lowest BCUT2D eigenvalue weighted by Crippen LogP contribution is -2.49. The molecule has 3 rings (SSSR count). The van der Waals surface area contributed by atoms with Crippen molar-refractivity contribution in [2.75, 3.05) is 46.4 Å². The zero-order chi connectivity index (χ0) is 16.3. The van der Waals surface area contributed by atoms with E-state index in [-0.39, 0.29) is 5.75 Å². The van der Waals surface area contributed by atoms with Gasteiger partial charge in [-0.25, -0.2) is 12.7 Å². The van der Waals surface area contributed by atoms with Gasteiger partial charge in [0.2, 0.25) is 10.0 Å². The van der Waals surface area contributed by atoms with Crippen LogP contribution in [0.25, 0.3) is 0 Å². The SMILES string of the molecule is COc1cccc(CS(=O)(=O)N2CCC(N3CCNCC3)C2)c1. The van der Waals surface area contributed by atoms with E-state index in [1.54, 1.807) is 17.5 Å². The number of ether oxygens (including phenoxy) is 1. The van der Waals surface area contributed by atoms with Gasteiger partial charge in [-0.1, -0.05) is 12.1 Å². The molecule has 1 unspecified atom stereocenters. The fourth-order valence-electron chi connectivity index (χ4n) is 3.37. The number of sulfonamides is 1. The van der Waals surface area contributed by atoms with Gasteiger partial charge in [0.15, 0.2) is 0 Å². The minimum absolute atomic E-state index is 0.0402. The van der Waals surface area contributed by atoms with Gasteiger partial charge in [-0.15, -0.1) is 0 Å². The second kappa shape index (κ2) is 7.17. The normalized spacial score (nSPS) is 24.0. The van der Waals surface area contributed by atoms with Crippen LogP contribution in [0.15, 0.2) is 24.3 Å². The van der Waals surface area contributed by atoms with E-state index >= 15 is 0 Å². The molecule has 23 heavy (non-hydrogen) atoms. The lowest BCUT2D eigenvalue weighted by atomic mass is 10.2. The molecule has 0 radical (unpaired) electrons. The maximum absolute atomic E-state index is 12.7. The predicted octanol–water partition coefficient (Wildman–Crippen LogP) is 0.505. The number of hydrogen-bond donors (Lipinski definition) is 1. The number of rotatable bonds is 5. The largest absolute Gasteiger partial charge is 0.497 e. The van der Waals surface area contributed by atoms with Crippen LogP contribution in [-0.4, -0.2) is 70.0 Å². The van der Waals surface area contributed by atoms with E-state index in [1.165, 1.54) is 0 Å². The summed E-state index contributed by atoms with van der Waals surface area (Å²) in [6, 6.07) is 7.65. The van der Waals surface area contributed by atoms with E-state index in [2.05, 4.69) is 10.2 Å². The fourth-order valence-corrected chi connectivity index (χ4v) is 4.94. The summed E-state index contributed by atoms with van der Waals surface area (Å²) < 4.78 is 32.2. The predicted molar refractivity (Wildman–Crippen MR) is 90.0 cm³/mol. The zero-order valence-electron chi connectivity index (χ0n) is 13.6. The third-order valence-corrected chi connectivity index (χ3v) is 6.49. The summed E-state index contributed by atoms with van der Waals surface area (Å²) in [4.78, 5) is 2.41. The highest BCUT2D eigenvalue weighted by molar-refractivity contribution is 7.88. The summed E-state index contributed by atoms with van der Waals surface area (Å²) >= 11 is 0. The molecular weight excluding hydrogens is 314 g/mol. The Morgan fingerprint density at radius 1 is 1.26 bits per heavy atom. The van der Waals surface area contributed by atoms with Gasteiger partial charge in [0.05, 0.1) is 12.9 Å². The molecule has 1 N–H and O–H groups in total. The van der Waals surface area contributed by atoms with E-state index in [4.69, 9.17) is 4.74 Å². The highest BCUT2D eigenvalue weighted by atomic mass is 32.2. The standard InChI is InChI=1S/C16H25N3O3S/c1-22-16-4-2-3-14(11-16)13-23(20,21)19-8-5-15(12-19)18-9-6-17-7-10-18/h2-4,11,15,17H,5-10,12-13H2,1H3. The molecule has 6 nitrogen and oxygen atoms in total. The van der Waals surface area contributed by atoms with Gasteiger partial charge in [0.25, 0.3) is 0 Å². The maximum atomic E-state index is 12.7. The molecule has 1 aromatic rings. The third kappa shape index (κ3) is 4.03. The number of hydrogen-bond acceptors (Lipinski definition) is 5. The summed E-state index contributed by atoms with van der Waals surface area (Å²) in [6.07, 6.45) is 0.928. The summed E-state index contributed by atoms with van der Waals surface area (Å²) in [5, 5.41) is 3.34. The lowest BCUT2D eigenvalue weighted by Gasteiger charge is -2.32. The Kier molecular flexibility index (Phi) is 5.21. The molecule has 0 aromatic heterocycles. The Morgan fingerprint density at radius 3 is 2.78 bits per heavy atom. The van der Waals surface area contributed by atoms with Crippen molar-refractivity contribution in [1.29, 1.82) is 0 Å². The molecule has 2 heterocycles. The van der Waals surface area contributed by atoms with Crippen molar-refractivity contribution in [3.8, 4) is 5.75 Å². The summed E-state index contributed by atoms with van der Waals surface area (Å²) in [7, 11) is -1.68. The average molecular weight is 339 g/mol. The molecular formula is C16H25N3O3S. The Labute approximate surface area is 138 Å². The topological polar surface area (TPSA) is 61.9 Å². The van der Waals surface area contributed by atoms with Gasteiger partial charge in [-0.3, -0.25) is 4.90 Å². The molecule has 2 aliphatic heterocycles. The fraction of sp³-hybridized carbons (Fsp3) is 0.625. The van der Waals surface area contributed by atoms with Crippen LogP contribution in [0.5, 0.6) is 5.75 Å². The first-order valence-electron chi connectivity index (χ1n) is 8.14. The van der Waals surface area contributed by atoms with Gasteiger partial charge < -0.3 is 10.1 Å². The van der Waals surface area contributed by atoms with Crippen molar-refractivity contribution >= 4 is 10.0 Å². The second-order valence-electron chi connectivity index (χ2n) is 6.19. The molecule has 128 valence electrons. The molecule has 0 aliphatic carbocycles. The highest BCUT2D eigenvalue weighted by Gasteiger charge is 2.34. The van der Waals surface area contributed by atoms with Crippen molar-refractivity contribution in [2.45, 2.75) is 18.2 Å². The maximum Gasteiger partial charge on any atom is 0.218 e. The van der Waals surface area contributed by atoms with Crippen LogP contribution in [0, 0.1) is 0 Å². The van der Waals surface area contributed by atoms with Crippen LogP contribution in [0.2, 0.25) is 0 Å². The highest BCUT2D eigenvalue weighted by Crippen LogP contribution is 2.22. The molecule has 2 aliphatic rings. The van der Waals surface area contributed by atoms with Crippen LogP contribution in [0.1, 0.15) is 12.0 Å². The van der Waals surface area contributed by atoms with Gasteiger partial charge in [-0.2, -0.15) is 0 Å². The number of nitrogens with zero attached hydrogens (tertiary/aromatic N) is 2.